The third-order valence-electron chi connectivity index (χ3n) is 3.41. The highest BCUT2D eigenvalue weighted by Crippen LogP contribution is 2.25. The smallest absolute Gasteiger partial charge is 0.229 e. The molecule has 0 aromatic heterocycles. The van der Waals surface area contributed by atoms with Crippen molar-refractivity contribution in [1.82, 2.24) is 5.43 Å². The van der Waals surface area contributed by atoms with Gasteiger partial charge in [-0.25, -0.2) is 0 Å². The molecule has 0 fully saturated rings. The number of halogens is 2. The van der Waals surface area contributed by atoms with Crippen LogP contribution in [0.3, 0.4) is 0 Å². The number of Topliss-reactive ketones (excluding diaryl/α,β-unsaturated/α-hetero) is 1. The van der Waals surface area contributed by atoms with E-state index in [1.165, 1.54) is 6.20 Å². The summed E-state index contributed by atoms with van der Waals surface area (Å²) in [7, 11) is 0. The average molecular weight is 362 g/mol. The molecule has 0 atom stereocenters. The van der Waals surface area contributed by atoms with E-state index in [4.69, 9.17) is 23.2 Å². The van der Waals surface area contributed by atoms with Crippen molar-refractivity contribution in [3.05, 3.63) is 69.8 Å². The minimum Gasteiger partial charge on any atom is -0.325 e. The monoisotopic (exact) mass is 361 g/mol. The fourth-order valence-electron chi connectivity index (χ4n) is 2.36. The molecule has 0 aliphatic carbocycles. The second kappa shape index (κ2) is 6.95. The van der Waals surface area contributed by atoms with Crippen LogP contribution in [-0.4, -0.2) is 11.7 Å². The molecule has 7 heteroatoms. The molecule has 1 heterocycles. The average Bonchev–Trinajstić information content (AvgIpc) is 2.64. The Morgan fingerprint density at radius 2 is 1.75 bits per heavy atom. The molecule has 3 N–H and O–H groups in total. The van der Waals surface area contributed by atoms with E-state index < -0.39 is 0 Å². The van der Waals surface area contributed by atoms with E-state index in [1.807, 2.05) is 0 Å². The van der Waals surface area contributed by atoms with Crippen molar-refractivity contribution in [1.29, 1.82) is 0 Å². The maximum Gasteiger partial charge on any atom is 0.229 e. The number of nitrogens with one attached hydrogen (secondary N) is 3. The largest absolute Gasteiger partial charge is 0.325 e. The topological polar surface area (TPSA) is 70.2 Å². The highest BCUT2D eigenvalue weighted by atomic mass is 35.5. The summed E-state index contributed by atoms with van der Waals surface area (Å²) < 4.78 is 0. The Labute approximate surface area is 148 Å². The summed E-state index contributed by atoms with van der Waals surface area (Å²) in [6.45, 7) is 0. The second-order valence-corrected chi connectivity index (χ2v) is 6.07. The van der Waals surface area contributed by atoms with Crippen LogP contribution in [0.25, 0.3) is 0 Å². The van der Waals surface area contributed by atoms with Crippen molar-refractivity contribution in [2.24, 2.45) is 0 Å². The summed E-state index contributed by atoms with van der Waals surface area (Å²) in [4.78, 5) is 24.5. The predicted molar refractivity (Wildman–Crippen MR) is 95.3 cm³/mol. The van der Waals surface area contributed by atoms with Crippen LogP contribution in [0.5, 0.6) is 0 Å². The number of hydrazine groups is 1. The molecule has 1 aliphatic rings. The third-order valence-corrected chi connectivity index (χ3v) is 3.85. The quantitative estimate of drug-likeness (QED) is 0.570. The lowest BCUT2D eigenvalue weighted by atomic mass is 10.0. The molecule has 2 aromatic carbocycles. The first-order valence-corrected chi connectivity index (χ1v) is 7.89. The van der Waals surface area contributed by atoms with Crippen molar-refractivity contribution in [2.75, 3.05) is 10.7 Å². The van der Waals surface area contributed by atoms with Crippen LogP contribution in [0.1, 0.15) is 16.8 Å². The molecule has 0 saturated carbocycles. The lowest BCUT2D eigenvalue weighted by Crippen LogP contribution is -2.18. The van der Waals surface area contributed by atoms with E-state index in [0.717, 1.165) is 0 Å². The molecule has 0 saturated heterocycles. The zero-order valence-electron chi connectivity index (χ0n) is 12.4. The highest BCUT2D eigenvalue weighted by molar-refractivity contribution is 6.35. The van der Waals surface area contributed by atoms with Crippen molar-refractivity contribution < 1.29 is 9.59 Å². The Morgan fingerprint density at radius 1 is 1.04 bits per heavy atom. The molecule has 1 amide bonds. The first kappa shape index (κ1) is 16.4. The molecule has 0 unspecified atom stereocenters. The standard InChI is InChI=1S/C17H13Cl2N3O2/c18-11-6-12(19)8-13(7-11)22-20-9-10-5-16(23)21-15-4-2-1-3-14(15)17(10)24/h1-4,6-9,20,22H,5H2,(H,21,23)/b10-9-. The number of ketones is 1. The number of benzene rings is 2. The summed E-state index contributed by atoms with van der Waals surface area (Å²) in [6, 6.07) is 11.9. The maximum atomic E-state index is 12.6. The van der Waals surface area contributed by atoms with Crippen LogP contribution >= 0.6 is 23.2 Å². The van der Waals surface area contributed by atoms with Gasteiger partial charge in [0.1, 0.15) is 0 Å². The maximum absolute atomic E-state index is 12.6. The minimum atomic E-state index is -0.243. The second-order valence-electron chi connectivity index (χ2n) is 5.20. The Kier molecular flexibility index (Phi) is 4.74. The molecule has 24 heavy (non-hydrogen) atoms. The van der Waals surface area contributed by atoms with Crippen molar-refractivity contribution in [3.63, 3.8) is 0 Å². The number of anilines is 2. The van der Waals surface area contributed by atoms with Gasteiger partial charge in [0.25, 0.3) is 0 Å². The molecule has 3 rings (SSSR count). The highest BCUT2D eigenvalue weighted by Gasteiger charge is 2.23. The van der Waals surface area contributed by atoms with Crippen molar-refractivity contribution >= 4 is 46.3 Å². The van der Waals surface area contributed by atoms with Gasteiger partial charge in [-0.2, -0.15) is 0 Å². The van der Waals surface area contributed by atoms with Crippen LogP contribution in [0.15, 0.2) is 54.2 Å². The summed E-state index contributed by atoms with van der Waals surface area (Å²) in [5.41, 5.74) is 7.64. The number of amides is 1. The molecular weight excluding hydrogens is 349 g/mol. The molecule has 0 radical (unpaired) electrons. The van der Waals surface area contributed by atoms with E-state index in [0.29, 0.717) is 32.6 Å². The lowest BCUT2D eigenvalue weighted by Gasteiger charge is -2.09. The summed E-state index contributed by atoms with van der Waals surface area (Å²) in [6.07, 6.45) is 1.46. The fourth-order valence-corrected chi connectivity index (χ4v) is 2.89. The van der Waals surface area contributed by atoms with Gasteiger partial charge in [-0.15, -0.1) is 0 Å². The number of hydrogen-bond donors (Lipinski definition) is 3. The summed E-state index contributed by atoms with van der Waals surface area (Å²) in [5.74, 6) is -0.450. The molecule has 5 nitrogen and oxygen atoms in total. The Hall–Kier alpha value is -2.50. The number of carbonyl (C=O) groups excluding carboxylic acids is 2. The first-order chi connectivity index (χ1) is 11.5. The van der Waals surface area contributed by atoms with Gasteiger partial charge in [0.05, 0.1) is 17.8 Å². The van der Waals surface area contributed by atoms with Crippen LogP contribution < -0.4 is 16.2 Å². The van der Waals surface area contributed by atoms with E-state index in [-0.39, 0.29) is 18.1 Å². The van der Waals surface area contributed by atoms with Gasteiger partial charge in [-0.05, 0) is 30.3 Å². The lowest BCUT2D eigenvalue weighted by molar-refractivity contribution is -0.115. The Bertz CT molecular complexity index is 829. The summed E-state index contributed by atoms with van der Waals surface area (Å²) >= 11 is 11.8. The van der Waals surface area contributed by atoms with Crippen LogP contribution in [0.4, 0.5) is 11.4 Å². The number of fused-ring (bicyclic) bond motifs is 1. The Morgan fingerprint density at radius 3 is 2.50 bits per heavy atom. The van der Waals surface area contributed by atoms with Gasteiger partial charge in [-0.1, -0.05) is 35.3 Å². The zero-order valence-corrected chi connectivity index (χ0v) is 13.9. The van der Waals surface area contributed by atoms with Crippen LogP contribution in [-0.2, 0) is 4.79 Å². The van der Waals surface area contributed by atoms with E-state index in [1.54, 1.807) is 42.5 Å². The number of rotatable bonds is 3. The fraction of sp³-hybridized carbons (Fsp3) is 0.0588. The van der Waals surface area contributed by atoms with Gasteiger partial charge < -0.3 is 16.2 Å². The van der Waals surface area contributed by atoms with Crippen LogP contribution in [0.2, 0.25) is 10.0 Å². The first-order valence-electron chi connectivity index (χ1n) is 7.13. The van der Waals surface area contributed by atoms with Gasteiger partial charge in [-0.3, -0.25) is 9.59 Å². The minimum absolute atomic E-state index is 0.0154. The van der Waals surface area contributed by atoms with E-state index >= 15 is 0 Å². The molecule has 1 aliphatic heterocycles. The zero-order chi connectivity index (χ0) is 17.1. The van der Waals surface area contributed by atoms with Gasteiger partial charge >= 0.3 is 0 Å². The normalized spacial score (nSPS) is 15.5. The van der Waals surface area contributed by atoms with Gasteiger partial charge in [0, 0.05) is 27.4 Å². The molecule has 122 valence electrons. The predicted octanol–water partition coefficient (Wildman–Crippen LogP) is 4.02. The number of carbonyl (C=O) groups is 2. The van der Waals surface area contributed by atoms with Gasteiger partial charge in [0.15, 0.2) is 5.78 Å². The molecule has 2 aromatic rings. The third kappa shape index (κ3) is 3.69. The molecule has 0 bridgehead atoms. The van der Waals surface area contributed by atoms with Crippen molar-refractivity contribution in [2.45, 2.75) is 6.42 Å². The number of hydrogen-bond acceptors (Lipinski definition) is 4. The summed E-state index contributed by atoms with van der Waals surface area (Å²) in [5, 5.41) is 3.69. The molecule has 0 spiro atoms. The van der Waals surface area contributed by atoms with Crippen LogP contribution in [0, 0.1) is 0 Å². The van der Waals surface area contributed by atoms with E-state index in [2.05, 4.69) is 16.2 Å². The van der Waals surface area contributed by atoms with Crippen molar-refractivity contribution in [3.8, 4) is 0 Å². The molecular formula is C17H13Cl2N3O2. The van der Waals surface area contributed by atoms with Gasteiger partial charge in [0.2, 0.25) is 5.91 Å². The van der Waals surface area contributed by atoms with E-state index in [9.17, 15) is 9.59 Å². The Balaban J connectivity index is 1.79. The number of para-hydroxylation sites is 1. The SMILES string of the molecule is O=C1C/C(=C/NNc2cc(Cl)cc(Cl)c2)C(=O)c2ccccc2N1.